The van der Waals surface area contributed by atoms with Gasteiger partial charge in [0, 0.05) is 0 Å². The van der Waals surface area contributed by atoms with E-state index in [1.54, 1.807) is 0 Å². The molecule has 3 aromatic carbocycles. The van der Waals surface area contributed by atoms with Crippen molar-refractivity contribution < 1.29 is 0 Å². The second-order valence-corrected chi connectivity index (χ2v) is 7.96. The molecule has 0 aromatic heterocycles. The summed E-state index contributed by atoms with van der Waals surface area (Å²) < 4.78 is 0. The molecule has 0 aliphatic rings. The van der Waals surface area contributed by atoms with E-state index in [4.69, 9.17) is 0 Å². The molecule has 0 saturated heterocycles. The Morgan fingerprint density at radius 3 is 1.19 bits per heavy atom. The highest BCUT2D eigenvalue weighted by molar-refractivity contribution is 7.16. The van der Waals surface area contributed by atoms with Crippen molar-refractivity contribution in [1.82, 2.24) is 0 Å². The summed E-state index contributed by atoms with van der Waals surface area (Å²) >= 11 is 0. The molecule has 0 heterocycles. The van der Waals surface area contributed by atoms with E-state index in [0.717, 1.165) is 19.3 Å². The molecule has 0 bridgehead atoms. The summed E-state index contributed by atoms with van der Waals surface area (Å²) in [7, 11) is 2.91. The van der Waals surface area contributed by atoms with Gasteiger partial charge in [0.2, 0.25) is 0 Å². The largest absolute Gasteiger partial charge is 0.138 e. The zero-order valence-electron chi connectivity index (χ0n) is 15.5. The van der Waals surface area contributed by atoms with Crippen molar-refractivity contribution in [2.45, 2.75) is 32.1 Å². The highest BCUT2D eigenvalue weighted by Crippen LogP contribution is 2.37. The van der Waals surface area contributed by atoms with Crippen LogP contribution in [0.5, 0.6) is 0 Å². The van der Waals surface area contributed by atoms with Crippen molar-refractivity contribution in [2.75, 3.05) is 6.16 Å². The van der Waals surface area contributed by atoms with Crippen molar-refractivity contribution in [3.8, 4) is 0 Å². The molecule has 0 nitrogen and oxygen atoms in total. The standard InChI is InChI=1S/C25H29P/c26-18-10-17-25(19-22-11-4-1-5-12-22,20-23-13-6-2-7-14-23)21-24-15-8-3-9-16-24/h1-9,11-16H,10,17-21,26H2. The van der Waals surface area contributed by atoms with E-state index >= 15 is 0 Å². The van der Waals surface area contributed by atoms with Crippen LogP contribution in [0.15, 0.2) is 91.0 Å². The summed E-state index contributed by atoms with van der Waals surface area (Å²) in [4.78, 5) is 0. The van der Waals surface area contributed by atoms with E-state index in [9.17, 15) is 0 Å². The smallest absolute Gasteiger partial charge is 0.0176 e. The van der Waals surface area contributed by atoms with Crippen LogP contribution in [0, 0.1) is 5.41 Å². The monoisotopic (exact) mass is 360 g/mol. The predicted molar refractivity (Wildman–Crippen MR) is 117 cm³/mol. The number of hydrogen-bond acceptors (Lipinski definition) is 0. The third-order valence-electron chi connectivity index (χ3n) is 5.18. The zero-order chi connectivity index (χ0) is 18.1. The van der Waals surface area contributed by atoms with Crippen LogP contribution >= 0.6 is 9.24 Å². The van der Waals surface area contributed by atoms with Gasteiger partial charge in [-0.25, -0.2) is 0 Å². The van der Waals surface area contributed by atoms with Gasteiger partial charge in [0.15, 0.2) is 0 Å². The summed E-state index contributed by atoms with van der Waals surface area (Å²) in [5.74, 6) is 0. The molecule has 0 fully saturated rings. The van der Waals surface area contributed by atoms with Gasteiger partial charge in [0.1, 0.15) is 0 Å². The maximum atomic E-state index is 2.91. The van der Waals surface area contributed by atoms with Crippen molar-refractivity contribution in [2.24, 2.45) is 5.41 Å². The van der Waals surface area contributed by atoms with Gasteiger partial charge in [-0.2, -0.15) is 0 Å². The predicted octanol–water partition coefficient (Wildman–Crippen LogP) is 6.36. The van der Waals surface area contributed by atoms with Gasteiger partial charge in [0.05, 0.1) is 0 Å². The van der Waals surface area contributed by atoms with Crippen LogP contribution in [0.4, 0.5) is 0 Å². The van der Waals surface area contributed by atoms with Crippen molar-refractivity contribution in [3.05, 3.63) is 108 Å². The number of benzene rings is 3. The molecule has 3 aromatic rings. The molecule has 134 valence electrons. The summed E-state index contributed by atoms with van der Waals surface area (Å²) in [5, 5.41) is 0. The van der Waals surface area contributed by atoms with E-state index in [-0.39, 0.29) is 5.41 Å². The fourth-order valence-corrected chi connectivity index (χ4v) is 4.22. The molecular formula is C25H29P. The maximum absolute atomic E-state index is 2.91. The van der Waals surface area contributed by atoms with E-state index in [0.29, 0.717) is 0 Å². The summed E-state index contributed by atoms with van der Waals surface area (Å²) in [6.45, 7) is 0. The van der Waals surface area contributed by atoms with Crippen LogP contribution in [-0.2, 0) is 19.3 Å². The fourth-order valence-electron chi connectivity index (χ4n) is 4.02. The third-order valence-corrected chi connectivity index (χ3v) is 5.59. The first-order valence-electron chi connectivity index (χ1n) is 9.62. The molecule has 1 atom stereocenters. The Hall–Kier alpha value is -1.91. The Kier molecular flexibility index (Phi) is 7.04. The topological polar surface area (TPSA) is 0 Å². The summed E-state index contributed by atoms with van der Waals surface area (Å²) in [6, 6.07) is 33.0. The average Bonchev–Trinajstić information content (AvgIpc) is 2.69. The normalized spacial score (nSPS) is 11.4. The van der Waals surface area contributed by atoms with Gasteiger partial charge in [0.25, 0.3) is 0 Å². The van der Waals surface area contributed by atoms with Crippen LogP contribution in [0.3, 0.4) is 0 Å². The zero-order valence-corrected chi connectivity index (χ0v) is 16.6. The minimum Gasteiger partial charge on any atom is -0.138 e. The lowest BCUT2D eigenvalue weighted by Gasteiger charge is -2.35. The Labute approximate surface area is 160 Å². The minimum atomic E-state index is 0.251. The molecule has 3 rings (SSSR count). The quantitative estimate of drug-likeness (QED) is 0.390. The minimum absolute atomic E-state index is 0.251. The molecule has 0 amide bonds. The van der Waals surface area contributed by atoms with E-state index in [1.165, 1.54) is 35.7 Å². The van der Waals surface area contributed by atoms with E-state index in [2.05, 4.69) is 100 Å². The number of hydrogen-bond donors (Lipinski definition) is 0. The lowest BCUT2D eigenvalue weighted by molar-refractivity contribution is 0.252. The van der Waals surface area contributed by atoms with Gasteiger partial charge in [-0.05, 0) is 60.4 Å². The van der Waals surface area contributed by atoms with Crippen LogP contribution in [0.1, 0.15) is 29.5 Å². The first kappa shape index (κ1) is 18.9. The lowest BCUT2D eigenvalue weighted by atomic mass is 9.69. The summed E-state index contributed by atoms with van der Waals surface area (Å²) in [6.07, 6.45) is 7.04. The molecule has 0 N–H and O–H groups in total. The molecule has 26 heavy (non-hydrogen) atoms. The lowest BCUT2D eigenvalue weighted by Crippen LogP contribution is -2.30. The van der Waals surface area contributed by atoms with Crippen LogP contribution in [-0.4, -0.2) is 6.16 Å². The Morgan fingerprint density at radius 2 is 0.885 bits per heavy atom. The SMILES string of the molecule is PCCCC(Cc1ccccc1)(Cc1ccccc1)Cc1ccccc1. The van der Waals surface area contributed by atoms with Gasteiger partial charge >= 0.3 is 0 Å². The van der Waals surface area contributed by atoms with Gasteiger partial charge < -0.3 is 0 Å². The van der Waals surface area contributed by atoms with Crippen molar-refractivity contribution in [3.63, 3.8) is 0 Å². The van der Waals surface area contributed by atoms with Gasteiger partial charge in [-0.3, -0.25) is 0 Å². The molecule has 0 radical (unpaired) electrons. The van der Waals surface area contributed by atoms with Crippen molar-refractivity contribution in [1.29, 1.82) is 0 Å². The molecule has 0 spiro atoms. The van der Waals surface area contributed by atoms with E-state index < -0.39 is 0 Å². The maximum Gasteiger partial charge on any atom is -0.0176 e. The highest BCUT2D eigenvalue weighted by Gasteiger charge is 2.30. The van der Waals surface area contributed by atoms with Crippen LogP contribution in [0.25, 0.3) is 0 Å². The Bertz CT molecular complexity index is 649. The molecule has 0 saturated carbocycles. The molecule has 0 aliphatic carbocycles. The second-order valence-electron chi connectivity index (χ2n) is 7.38. The summed E-state index contributed by atoms with van der Waals surface area (Å²) in [5.41, 5.74) is 4.59. The second kappa shape index (κ2) is 9.70. The molecule has 1 heteroatoms. The first-order valence-corrected chi connectivity index (χ1v) is 10.4. The third kappa shape index (κ3) is 5.55. The molecule has 1 unspecified atom stereocenters. The van der Waals surface area contributed by atoms with E-state index in [1.807, 2.05) is 0 Å². The Morgan fingerprint density at radius 1 is 0.538 bits per heavy atom. The van der Waals surface area contributed by atoms with Gasteiger partial charge in [-0.15, -0.1) is 9.24 Å². The Balaban J connectivity index is 1.94. The first-order chi connectivity index (χ1) is 12.8. The average molecular weight is 360 g/mol. The van der Waals surface area contributed by atoms with Crippen LogP contribution in [0.2, 0.25) is 0 Å². The number of rotatable bonds is 9. The van der Waals surface area contributed by atoms with Crippen LogP contribution < -0.4 is 0 Å². The fraction of sp³-hybridized carbons (Fsp3) is 0.280. The van der Waals surface area contributed by atoms with Gasteiger partial charge in [-0.1, -0.05) is 91.0 Å². The molecular weight excluding hydrogens is 331 g/mol. The molecule has 0 aliphatic heterocycles. The van der Waals surface area contributed by atoms with Crippen molar-refractivity contribution >= 4 is 9.24 Å². The highest BCUT2D eigenvalue weighted by atomic mass is 31.0.